The van der Waals surface area contributed by atoms with Crippen LogP contribution in [0.1, 0.15) is 0 Å². The molecule has 1 heterocycles. The molecule has 0 unspecified atom stereocenters. The number of anilines is 1. The van der Waals surface area contributed by atoms with Crippen molar-refractivity contribution in [1.29, 1.82) is 0 Å². The van der Waals surface area contributed by atoms with Gasteiger partial charge in [0, 0.05) is 36.0 Å². The Labute approximate surface area is 113 Å². The zero-order valence-electron chi connectivity index (χ0n) is 10.7. The van der Waals surface area contributed by atoms with Gasteiger partial charge in [-0.05, 0) is 6.07 Å². The maximum atomic E-state index is 9.99. The average molecular weight is 254 g/mol. The number of benzene rings is 2. The van der Waals surface area contributed by atoms with Gasteiger partial charge >= 0.3 is 0 Å². The van der Waals surface area contributed by atoms with E-state index in [1.165, 1.54) is 0 Å². The maximum absolute atomic E-state index is 9.99. The summed E-state index contributed by atoms with van der Waals surface area (Å²) >= 11 is 0. The van der Waals surface area contributed by atoms with E-state index in [1.54, 1.807) is 6.07 Å². The van der Waals surface area contributed by atoms with Gasteiger partial charge in [-0.1, -0.05) is 36.4 Å². The monoisotopic (exact) mass is 254 g/mol. The fraction of sp³-hybridized carbons (Fsp3) is 0.250. The Morgan fingerprint density at radius 2 is 1.74 bits per heavy atom. The number of aromatic hydroxyl groups is 1. The molecule has 2 aromatic rings. The van der Waals surface area contributed by atoms with Gasteiger partial charge in [0.1, 0.15) is 5.75 Å². The van der Waals surface area contributed by atoms with Gasteiger partial charge in [0.25, 0.3) is 0 Å². The van der Waals surface area contributed by atoms with Crippen molar-refractivity contribution in [2.24, 2.45) is 0 Å². The maximum Gasteiger partial charge on any atom is 0.131 e. The molecule has 0 spiro atoms. The first-order valence-corrected chi connectivity index (χ1v) is 6.48. The average Bonchev–Trinajstić information content (AvgIpc) is 2.49. The molecule has 0 amide bonds. The van der Waals surface area contributed by atoms with Crippen LogP contribution >= 0.6 is 0 Å². The third-order valence-electron chi connectivity index (χ3n) is 3.38. The summed E-state index contributed by atoms with van der Waals surface area (Å²) in [5.41, 5.74) is 3.00. The molecular weight excluding hydrogens is 238 g/mol. The Morgan fingerprint density at radius 1 is 1.00 bits per heavy atom. The van der Waals surface area contributed by atoms with Crippen molar-refractivity contribution < 1.29 is 9.84 Å². The Hall–Kier alpha value is -2.00. The SMILES string of the molecule is Oc1[c]cccc1-c1ccccc1N1CCOCC1. The first-order valence-electron chi connectivity index (χ1n) is 6.48. The van der Waals surface area contributed by atoms with Crippen LogP contribution in [-0.4, -0.2) is 31.4 Å². The molecule has 0 aromatic heterocycles. The van der Waals surface area contributed by atoms with Crippen LogP contribution in [0, 0.1) is 6.07 Å². The molecule has 1 fully saturated rings. The highest BCUT2D eigenvalue weighted by atomic mass is 16.5. The zero-order valence-corrected chi connectivity index (χ0v) is 10.7. The van der Waals surface area contributed by atoms with Crippen LogP contribution in [0.5, 0.6) is 5.75 Å². The van der Waals surface area contributed by atoms with E-state index < -0.39 is 0 Å². The topological polar surface area (TPSA) is 32.7 Å². The summed E-state index contributed by atoms with van der Waals surface area (Å²) in [5, 5.41) is 9.99. The molecule has 0 bridgehead atoms. The molecule has 19 heavy (non-hydrogen) atoms. The van der Waals surface area contributed by atoms with Crippen LogP contribution in [0.25, 0.3) is 11.1 Å². The van der Waals surface area contributed by atoms with Gasteiger partial charge in [0.15, 0.2) is 0 Å². The van der Waals surface area contributed by atoms with E-state index in [1.807, 2.05) is 30.3 Å². The summed E-state index contributed by atoms with van der Waals surface area (Å²) in [5.74, 6) is 0.197. The fourth-order valence-electron chi connectivity index (χ4n) is 2.43. The third-order valence-corrected chi connectivity index (χ3v) is 3.38. The molecule has 1 saturated heterocycles. The lowest BCUT2D eigenvalue weighted by Gasteiger charge is -2.30. The highest BCUT2D eigenvalue weighted by Crippen LogP contribution is 2.35. The molecule has 1 N–H and O–H groups in total. The molecule has 97 valence electrons. The summed E-state index contributed by atoms with van der Waals surface area (Å²) in [6, 6.07) is 16.5. The molecule has 0 saturated carbocycles. The lowest BCUT2D eigenvalue weighted by atomic mass is 10.0. The third kappa shape index (κ3) is 2.42. The Balaban J connectivity index is 2.04. The molecule has 3 rings (SSSR count). The van der Waals surface area contributed by atoms with Gasteiger partial charge in [0.05, 0.1) is 13.2 Å². The molecule has 1 aliphatic heterocycles. The van der Waals surface area contributed by atoms with Gasteiger partial charge < -0.3 is 14.7 Å². The molecule has 0 atom stereocenters. The largest absolute Gasteiger partial charge is 0.507 e. The molecule has 2 aromatic carbocycles. The quantitative estimate of drug-likeness (QED) is 0.894. The van der Waals surface area contributed by atoms with Gasteiger partial charge in [-0.3, -0.25) is 0 Å². The van der Waals surface area contributed by atoms with Crippen molar-refractivity contribution in [1.82, 2.24) is 0 Å². The number of nitrogens with zero attached hydrogens (tertiary/aromatic N) is 1. The normalized spacial score (nSPS) is 15.5. The van der Waals surface area contributed by atoms with E-state index in [2.05, 4.69) is 17.0 Å². The number of ether oxygens (including phenoxy) is 1. The molecule has 3 nitrogen and oxygen atoms in total. The first kappa shape index (κ1) is 12.1. The van der Waals surface area contributed by atoms with E-state index in [4.69, 9.17) is 4.74 Å². The minimum Gasteiger partial charge on any atom is -0.507 e. The van der Waals surface area contributed by atoms with E-state index in [0.29, 0.717) is 0 Å². The summed E-state index contributed by atoms with van der Waals surface area (Å²) in [4.78, 5) is 2.30. The van der Waals surface area contributed by atoms with E-state index in [-0.39, 0.29) is 5.75 Å². The number of phenolic OH excluding ortho intramolecular Hbond substituents is 1. The van der Waals surface area contributed by atoms with Crippen LogP contribution in [0.15, 0.2) is 42.5 Å². The van der Waals surface area contributed by atoms with Crippen molar-refractivity contribution in [2.75, 3.05) is 31.2 Å². The number of para-hydroxylation sites is 2. The zero-order chi connectivity index (χ0) is 13.1. The lowest BCUT2D eigenvalue weighted by Crippen LogP contribution is -2.36. The number of hydrogen-bond acceptors (Lipinski definition) is 3. The fourth-order valence-corrected chi connectivity index (χ4v) is 2.43. The Morgan fingerprint density at radius 3 is 2.53 bits per heavy atom. The smallest absolute Gasteiger partial charge is 0.131 e. The minimum absolute atomic E-state index is 0.197. The van der Waals surface area contributed by atoms with Crippen LogP contribution < -0.4 is 4.90 Å². The van der Waals surface area contributed by atoms with Crippen molar-refractivity contribution in [2.45, 2.75) is 0 Å². The van der Waals surface area contributed by atoms with Crippen LogP contribution in [0.4, 0.5) is 5.69 Å². The van der Waals surface area contributed by atoms with Crippen molar-refractivity contribution in [3.63, 3.8) is 0 Å². The standard InChI is InChI=1S/C16H16NO2/c18-16-8-4-2-6-14(16)13-5-1-3-7-15(13)17-9-11-19-12-10-17/h1-7,18H,9-12H2. The Bertz CT molecular complexity index is 562. The highest BCUT2D eigenvalue weighted by Gasteiger charge is 2.16. The van der Waals surface area contributed by atoms with E-state index in [0.717, 1.165) is 43.1 Å². The molecule has 1 aliphatic rings. The predicted octanol–water partition coefficient (Wildman–Crippen LogP) is 2.70. The van der Waals surface area contributed by atoms with Crippen LogP contribution in [0.2, 0.25) is 0 Å². The molecule has 0 aliphatic carbocycles. The second kappa shape index (κ2) is 5.33. The van der Waals surface area contributed by atoms with Gasteiger partial charge in [0.2, 0.25) is 0 Å². The van der Waals surface area contributed by atoms with Crippen LogP contribution in [0.3, 0.4) is 0 Å². The van der Waals surface area contributed by atoms with Gasteiger partial charge in [-0.15, -0.1) is 0 Å². The molecule has 3 heteroatoms. The van der Waals surface area contributed by atoms with Crippen molar-refractivity contribution in [3.05, 3.63) is 48.5 Å². The summed E-state index contributed by atoms with van der Waals surface area (Å²) in [6.07, 6.45) is 0. The van der Waals surface area contributed by atoms with Gasteiger partial charge in [-0.25, -0.2) is 0 Å². The number of phenols is 1. The van der Waals surface area contributed by atoms with E-state index >= 15 is 0 Å². The van der Waals surface area contributed by atoms with Crippen LogP contribution in [-0.2, 0) is 4.74 Å². The summed E-state index contributed by atoms with van der Waals surface area (Å²) < 4.78 is 5.39. The second-order valence-corrected chi connectivity index (χ2v) is 4.55. The van der Waals surface area contributed by atoms with Crippen molar-refractivity contribution in [3.8, 4) is 16.9 Å². The number of rotatable bonds is 2. The first-order chi connectivity index (χ1) is 9.36. The van der Waals surface area contributed by atoms with Gasteiger partial charge in [-0.2, -0.15) is 0 Å². The molecule has 1 radical (unpaired) electrons. The minimum atomic E-state index is 0.197. The van der Waals surface area contributed by atoms with E-state index in [9.17, 15) is 5.11 Å². The Kier molecular flexibility index (Phi) is 3.38. The summed E-state index contributed by atoms with van der Waals surface area (Å²) in [6.45, 7) is 3.27. The summed E-state index contributed by atoms with van der Waals surface area (Å²) in [7, 11) is 0. The number of morpholine rings is 1. The second-order valence-electron chi connectivity index (χ2n) is 4.55. The predicted molar refractivity (Wildman–Crippen MR) is 75.4 cm³/mol. The van der Waals surface area contributed by atoms with Crippen molar-refractivity contribution >= 4 is 5.69 Å². The lowest BCUT2D eigenvalue weighted by molar-refractivity contribution is 0.123. The highest BCUT2D eigenvalue weighted by molar-refractivity contribution is 5.82. The number of hydrogen-bond donors (Lipinski definition) is 1. The molecular formula is C16H16NO2.